The molecule has 2 aliphatic rings. The van der Waals surface area contributed by atoms with E-state index in [2.05, 4.69) is 11.3 Å². The first-order chi connectivity index (χ1) is 11.8. The van der Waals surface area contributed by atoms with E-state index in [-0.39, 0.29) is 17.6 Å². The first kappa shape index (κ1) is 18.0. The maximum atomic E-state index is 12.3. The summed E-state index contributed by atoms with van der Waals surface area (Å²) in [7, 11) is -3.30. The van der Waals surface area contributed by atoms with Crippen LogP contribution in [0.1, 0.15) is 38.2 Å². The Kier molecular flexibility index (Phi) is 4.91. The molecule has 1 N–H and O–H groups in total. The van der Waals surface area contributed by atoms with E-state index in [0.717, 1.165) is 24.0 Å². The van der Waals surface area contributed by atoms with Crippen LogP contribution in [-0.2, 0) is 26.0 Å². The molecule has 0 spiro atoms. The third kappa shape index (κ3) is 3.73. The van der Waals surface area contributed by atoms with Crippen molar-refractivity contribution in [2.24, 2.45) is 11.3 Å². The summed E-state index contributed by atoms with van der Waals surface area (Å²) in [6.45, 7) is 6.49. The van der Waals surface area contributed by atoms with Gasteiger partial charge in [0.15, 0.2) is 0 Å². The number of rotatable bonds is 7. The number of benzene rings is 1. The second kappa shape index (κ2) is 6.83. The van der Waals surface area contributed by atoms with Gasteiger partial charge < -0.3 is 4.74 Å². The number of hydrogen-bond acceptors (Lipinski definition) is 4. The van der Waals surface area contributed by atoms with Crippen LogP contribution in [0.4, 0.5) is 5.69 Å². The molecular formula is C19H25NO4S. The van der Waals surface area contributed by atoms with Gasteiger partial charge in [-0.2, -0.15) is 0 Å². The molecule has 2 fully saturated rings. The minimum atomic E-state index is -3.30. The molecular weight excluding hydrogens is 338 g/mol. The molecule has 0 aromatic heterocycles. The first-order valence-corrected chi connectivity index (χ1v) is 10.4. The molecule has 1 aliphatic heterocycles. The van der Waals surface area contributed by atoms with Gasteiger partial charge >= 0.3 is 5.97 Å². The topological polar surface area (TPSA) is 72.5 Å². The van der Waals surface area contributed by atoms with Crippen LogP contribution in [0.2, 0.25) is 0 Å². The molecule has 0 amide bonds. The zero-order valence-electron chi connectivity index (χ0n) is 14.6. The fourth-order valence-electron chi connectivity index (χ4n) is 3.88. The molecule has 3 rings (SSSR count). The summed E-state index contributed by atoms with van der Waals surface area (Å²) < 4.78 is 31.8. The maximum absolute atomic E-state index is 12.3. The molecule has 2 unspecified atom stereocenters. The molecule has 2 atom stereocenters. The Bertz CT molecular complexity index is 769. The fourth-order valence-corrected chi connectivity index (χ4v) is 5.15. The normalized spacial score (nSPS) is 25.7. The van der Waals surface area contributed by atoms with Gasteiger partial charge in [0.2, 0.25) is 10.0 Å². The molecule has 1 aromatic carbocycles. The van der Waals surface area contributed by atoms with Crippen LogP contribution < -0.4 is 4.72 Å². The Hall–Kier alpha value is -1.82. The molecule has 0 radical (unpaired) electrons. The average Bonchev–Trinajstić information content (AvgIpc) is 3.02. The molecule has 1 saturated carbocycles. The van der Waals surface area contributed by atoms with Crippen LogP contribution in [0.25, 0.3) is 0 Å². The highest BCUT2D eigenvalue weighted by atomic mass is 32.2. The van der Waals surface area contributed by atoms with E-state index >= 15 is 0 Å². The summed E-state index contributed by atoms with van der Waals surface area (Å²) in [5.41, 5.74) is 2.19. The van der Waals surface area contributed by atoms with Gasteiger partial charge in [0, 0.05) is 11.6 Å². The number of sulfonamides is 1. The molecule has 25 heavy (non-hydrogen) atoms. The first-order valence-electron chi connectivity index (χ1n) is 8.78. The van der Waals surface area contributed by atoms with Gasteiger partial charge in [-0.05, 0) is 43.4 Å². The number of carbonyl (C=O) groups is 1. The van der Waals surface area contributed by atoms with Gasteiger partial charge in [0.05, 0.1) is 17.8 Å². The lowest BCUT2D eigenvalue weighted by atomic mass is 9.75. The number of nitrogens with one attached hydrogen (secondary N) is 1. The van der Waals surface area contributed by atoms with Crippen molar-refractivity contribution in [3.8, 4) is 0 Å². The number of allylic oxidation sites excluding steroid dienone is 1. The van der Waals surface area contributed by atoms with Crippen molar-refractivity contribution in [3.63, 3.8) is 0 Å². The number of fused-ring (bicyclic) bond motifs is 1. The van der Waals surface area contributed by atoms with E-state index in [1.165, 1.54) is 0 Å². The quantitative estimate of drug-likeness (QED) is 0.596. The van der Waals surface area contributed by atoms with E-state index in [1.54, 1.807) is 12.1 Å². The standard InChI is InChI=1S/C19H25NO4S/c1-3-4-9-25(22,23)20-17-7-5-15(6-8-17)12-19-11-14(2)10-16(19)13-24-18(19)21/h5-8,16,20H,2-4,9-13H2,1H3. The molecule has 1 heterocycles. The van der Waals surface area contributed by atoms with Crippen LogP contribution in [-0.4, -0.2) is 26.7 Å². The third-order valence-corrected chi connectivity index (χ3v) is 6.59. The van der Waals surface area contributed by atoms with E-state index in [0.29, 0.717) is 31.6 Å². The Morgan fingerprint density at radius 3 is 2.72 bits per heavy atom. The minimum absolute atomic E-state index is 0.125. The number of ether oxygens (including phenoxy) is 1. The monoisotopic (exact) mass is 363 g/mol. The lowest BCUT2D eigenvalue weighted by molar-refractivity contribution is -0.146. The summed E-state index contributed by atoms with van der Waals surface area (Å²) in [6.07, 6.45) is 3.62. The number of cyclic esters (lactones) is 1. The van der Waals surface area contributed by atoms with Gasteiger partial charge in [0.1, 0.15) is 0 Å². The zero-order valence-corrected chi connectivity index (χ0v) is 15.4. The summed E-state index contributed by atoms with van der Waals surface area (Å²) >= 11 is 0. The largest absolute Gasteiger partial charge is 0.465 e. The van der Waals surface area contributed by atoms with Gasteiger partial charge in [-0.25, -0.2) is 8.42 Å². The molecule has 1 aromatic rings. The van der Waals surface area contributed by atoms with Crippen molar-refractivity contribution in [1.82, 2.24) is 0 Å². The van der Waals surface area contributed by atoms with Gasteiger partial charge in [0.25, 0.3) is 0 Å². The minimum Gasteiger partial charge on any atom is -0.465 e. The van der Waals surface area contributed by atoms with Crippen molar-refractivity contribution < 1.29 is 17.9 Å². The smallest absolute Gasteiger partial charge is 0.313 e. The van der Waals surface area contributed by atoms with Crippen LogP contribution in [0.5, 0.6) is 0 Å². The van der Waals surface area contributed by atoms with Crippen molar-refractivity contribution in [2.45, 2.75) is 39.0 Å². The van der Waals surface area contributed by atoms with Crippen LogP contribution in [0.15, 0.2) is 36.4 Å². The third-order valence-electron chi connectivity index (χ3n) is 5.22. The maximum Gasteiger partial charge on any atom is 0.313 e. The number of esters is 1. The molecule has 0 bridgehead atoms. The number of carbonyl (C=O) groups excluding carboxylic acids is 1. The lowest BCUT2D eigenvalue weighted by Crippen LogP contribution is -2.31. The summed E-state index contributed by atoms with van der Waals surface area (Å²) in [5, 5.41) is 0. The predicted octanol–water partition coefficient (Wildman–Crippen LogP) is 3.28. The van der Waals surface area contributed by atoms with Crippen LogP contribution in [0.3, 0.4) is 0 Å². The highest BCUT2D eigenvalue weighted by Crippen LogP contribution is 2.52. The van der Waals surface area contributed by atoms with E-state index in [4.69, 9.17) is 4.74 Å². The second-order valence-electron chi connectivity index (χ2n) is 7.23. The van der Waals surface area contributed by atoms with Gasteiger partial charge in [-0.15, -0.1) is 0 Å². The van der Waals surface area contributed by atoms with E-state index in [9.17, 15) is 13.2 Å². The summed E-state index contributed by atoms with van der Waals surface area (Å²) in [4.78, 5) is 12.3. The number of anilines is 1. The zero-order chi connectivity index (χ0) is 18.1. The lowest BCUT2D eigenvalue weighted by Gasteiger charge is -2.24. The van der Waals surface area contributed by atoms with Crippen molar-refractivity contribution in [3.05, 3.63) is 42.0 Å². The van der Waals surface area contributed by atoms with Crippen molar-refractivity contribution in [1.29, 1.82) is 0 Å². The fraction of sp³-hybridized carbons (Fsp3) is 0.526. The Labute approximate surface area is 149 Å². The summed E-state index contributed by atoms with van der Waals surface area (Å²) in [6, 6.07) is 7.29. The number of hydrogen-bond donors (Lipinski definition) is 1. The van der Waals surface area contributed by atoms with Crippen molar-refractivity contribution >= 4 is 21.7 Å². The average molecular weight is 363 g/mol. The Morgan fingerprint density at radius 2 is 2.04 bits per heavy atom. The summed E-state index contributed by atoms with van der Waals surface area (Å²) in [5.74, 6) is 0.212. The predicted molar refractivity (Wildman–Crippen MR) is 97.7 cm³/mol. The van der Waals surface area contributed by atoms with E-state index < -0.39 is 15.4 Å². The molecule has 5 nitrogen and oxygen atoms in total. The number of unbranched alkanes of at least 4 members (excludes halogenated alkanes) is 1. The Morgan fingerprint density at radius 1 is 1.32 bits per heavy atom. The van der Waals surface area contributed by atoms with Crippen LogP contribution >= 0.6 is 0 Å². The molecule has 136 valence electrons. The van der Waals surface area contributed by atoms with E-state index in [1.807, 2.05) is 19.1 Å². The molecule has 1 aliphatic carbocycles. The van der Waals surface area contributed by atoms with Gasteiger partial charge in [-0.1, -0.05) is 37.6 Å². The SMILES string of the molecule is C=C1CC2COC(=O)C2(Cc2ccc(NS(=O)(=O)CCCC)cc2)C1. The molecule has 6 heteroatoms. The van der Waals surface area contributed by atoms with Gasteiger partial charge in [-0.3, -0.25) is 9.52 Å². The highest BCUT2D eigenvalue weighted by Gasteiger charge is 2.55. The highest BCUT2D eigenvalue weighted by molar-refractivity contribution is 7.92. The van der Waals surface area contributed by atoms with Crippen LogP contribution in [0, 0.1) is 11.3 Å². The molecule has 1 saturated heterocycles. The second-order valence-corrected chi connectivity index (χ2v) is 9.07. The Balaban J connectivity index is 1.71. The van der Waals surface area contributed by atoms with Crippen molar-refractivity contribution in [2.75, 3.05) is 17.1 Å².